The van der Waals surface area contributed by atoms with E-state index in [4.69, 9.17) is 9.84 Å². The molecule has 1 aromatic carbocycles. The van der Waals surface area contributed by atoms with Crippen LogP contribution in [-0.2, 0) is 11.2 Å². The lowest BCUT2D eigenvalue weighted by Gasteiger charge is -2.16. The lowest BCUT2D eigenvalue weighted by Crippen LogP contribution is -2.24. The summed E-state index contributed by atoms with van der Waals surface area (Å²) in [5.74, 6) is -0.935. The maximum atomic E-state index is 12.2. The summed E-state index contributed by atoms with van der Waals surface area (Å²) < 4.78 is 5.76. The van der Waals surface area contributed by atoms with Crippen molar-refractivity contribution in [1.29, 1.82) is 0 Å². The standard InChI is InChI=1S/C15H16O4/c1-15(2)7-9-5-8(3-4-12(9)19-15)13(16)10-6-11(10)14(17)18/h3-5,10-11H,6-7H2,1-2H3,(H,17,18). The van der Waals surface area contributed by atoms with Gasteiger partial charge in [-0.1, -0.05) is 0 Å². The molecular weight excluding hydrogens is 244 g/mol. The number of benzene rings is 1. The predicted octanol–water partition coefficient (Wildman–Crippen LogP) is 2.30. The van der Waals surface area contributed by atoms with E-state index in [2.05, 4.69) is 0 Å². The molecule has 3 rings (SSSR count). The summed E-state index contributed by atoms with van der Waals surface area (Å²) in [7, 11) is 0. The molecule has 2 aliphatic rings. The fraction of sp³-hybridized carbons (Fsp3) is 0.467. The minimum absolute atomic E-state index is 0.0556. The van der Waals surface area contributed by atoms with Gasteiger partial charge < -0.3 is 9.84 Å². The van der Waals surface area contributed by atoms with Crippen LogP contribution in [0.2, 0.25) is 0 Å². The molecule has 1 aliphatic carbocycles. The Hall–Kier alpha value is -1.84. The van der Waals surface area contributed by atoms with E-state index in [1.54, 1.807) is 6.07 Å². The van der Waals surface area contributed by atoms with Crippen LogP contribution in [0.15, 0.2) is 18.2 Å². The fourth-order valence-electron chi connectivity index (χ4n) is 2.73. The van der Waals surface area contributed by atoms with E-state index >= 15 is 0 Å². The Morgan fingerprint density at radius 1 is 1.32 bits per heavy atom. The normalized spacial score (nSPS) is 26.4. The zero-order valence-electron chi connectivity index (χ0n) is 11.0. The van der Waals surface area contributed by atoms with E-state index in [9.17, 15) is 9.59 Å². The minimum atomic E-state index is -0.871. The number of ketones is 1. The molecule has 1 heterocycles. The van der Waals surface area contributed by atoms with Gasteiger partial charge in [-0.15, -0.1) is 0 Å². The van der Waals surface area contributed by atoms with Gasteiger partial charge in [0, 0.05) is 17.9 Å². The average Bonchev–Trinajstić information content (AvgIpc) is 3.04. The zero-order chi connectivity index (χ0) is 13.8. The second-order valence-electron chi connectivity index (χ2n) is 6.01. The molecule has 2 atom stereocenters. The molecule has 0 spiro atoms. The van der Waals surface area contributed by atoms with Crippen LogP contribution in [0, 0.1) is 11.8 Å². The van der Waals surface area contributed by atoms with Gasteiger partial charge in [-0.25, -0.2) is 0 Å². The van der Waals surface area contributed by atoms with E-state index in [0.29, 0.717) is 12.0 Å². The van der Waals surface area contributed by atoms with Gasteiger partial charge in [0.25, 0.3) is 0 Å². The van der Waals surface area contributed by atoms with Crippen LogP contribution < -0.4 is 4.74 Å². The van der Waals surface area contributed by atoms with E-state index in [1.807, 2.05) is 26.0 Å². The van der Waals surface area contributed by atoms with E-state index < -0.39 is 11.9 Å². The number of carboxylic acid groups (broad SMARTS) is 1. The van der Waals surface area contributed by atoms with Crippen LogP contribution in [-0.4, -0.2) is 22.5 Å². The lowest BCUT2D eigenvalue weighted by atomic mass is 9.98. The lowest BCUT2D eigenvalue weighted by molar-refractivity contribution is -0.138. The van der Waals surface area contributed by atoms with Gasteiger partial charge in [0.05, 0.1) is 5.92 Å². The van der Waals surface area contributed by atoms with Crippen molar-refractivity contribution in [3.05, 3.63) is 29.3 Å². The van der Waals surface area contributed by atoms with Gasteiger partial charge in [0.15, 0.2) is 5.78 Å². The number of hydrogen-bond acceptors (Lipinski definition) is 3. The smallest absolute Gasteiger partial charge is 0.307 e. The van der Waals surface area contributed by atoms with Gasteiger partial charge in [-0.2, -0.15) is 0 Å². The van der Waals surface area contributed by atoms with Crippen molar-refractivity contribution in [2.24, 2.45) is 11.8 Å². The Kier molecular flexibility index (Phi) is 2.46. The van der Waals surface area contributed by atoms with Crippen LogP contribution in [0.3, 0.4) is 0 Å². The molecule has 0 aromatic heterocycles. The fourth-order valence-corrected chi connectivity index (χ4v) is 2.73. The van der Waals surface area contributed by atoms with Gasteiger partial charge in [-0.05, 0) is 44.0 Å². The number of aliphatic carboxylic acids is 1. The maximum absolute atomic E-state index is 12.2. The quantitative estimate of drug-likeness (QED) is 0.847. The molecule has 0 saturated heterocycles. The Balaban J connectivity index is 1.81. The van der Waals surface area contributed by atoms with Crippen molar-refractivity contribution in [1.82, 2.24) is 0 Å². The molecule has 19 heavy (non-hydrogen) atoms. The molecule has 1 fully saturated rings. The zero-order valence-corrected chi connectivity index (χ0v) is 11.0. The van der Waals surface area contributed by atoms with E-state index in [1.165, 1.54) is 0 Å². The molecule has 4 heteroatoms. The van der Waals surface area contributed by atoms with Gasteiger partial charge in [0.1, 0.15) is 11.4 Å². The van der Waals surface area contributed by atoms with Gasteiger partial charge in [0.2, 0.25) is 0 Å². The first-order valence-corrected chi connectivity index (χ1v) is 6.46. The SMILES string of the molecule is CC1(C)Cc2cc(C(=O)C3CC3C(=O)O)ccc2O1. The number of ether oxygens (including phenoxy) is 1. The highest BCUT2D eigenvalue weighted by atomic mass is 16.5. The van der Waals surface area contributed by atoms with Crippen molar-refractivity contribution < 1.29 is 19.4 Å². The Labute approximate surface area is 111 Å². The van der Waals surface area contributed by atoms with Crippen LogP contribution in [0.4, 0.5) is 0 Å². The first-order valence-electron chi connectivity index (χ1n) is 6.46. The number of hydrogen-bond donors (Lipinski definition) is 1. The number of carbonyl (C=O) groups is 2. The summed E-state index contributed by atoms with van der Waals surface area (Å²) in [6.07, 6.45) is 1.24. The highest BCUT2D eigenvalue weighted by Crippen LogP contribution is 2.42. The number of fused-ring (bicyclic) bond motifs is 1. The number of carboxylic acids is 1. The van der Waals surface area contributed by atoms with Crippen molar-refractivity contribution in [3.8, 4) is 5.75 Å². The molecule has 1 saturated carbocycles. The molecule has 0 radical (unpaired) electrons. The molecule has 1 aromatic rings. The molecule has 100 valence electrons. The molecule has 0 bridgehead atoms. The topological polar surface area (TPSA) is 63.6 Å². The summed E-state index contributed by atoms with van der Waals surface area (Å²) in [5.41, 5.74) is 1.41. The second-order valence-corrected chi connectivity index (χ2v) is 6.01. The highest BCUT2D eigenvalue weighted by molar-refractivity contribution is 6.02. The minimum Gasteiger partial charge on any atom is -0.487 e. The summed E-state index contributed by atoms with van der Waals surface area (Å²) in [5, 5.41) is 8.87. The Morgan fingerprint density at radius 2 is 2.05 bits per heavy atom. The highest BCUT2D eigenvalue weighted by Gasteiger charge is 2.48. The second kappa shape index (κ2) is 3.83. The van der Waals surface area contributed by atoms with Crippen LogP contribution in [0.1, 0.15) is 36.2 Å². The largest absolute Gasteiger partial charge is 0.487 e. The predicted molar refractivity (Wildman–Crippen MR) is 68.4 cm³/mol. The third kappa shape index (κ3) is 2.11. The number of Topliss-reactive ketones (excluding diaryl/α,β-unsaturated/α-hetero) is 1. The molecular formula is C15H16O4. The molecule has 0 amide bonds. The maximum Gasteiger partial charge on any atom is 0.307 e. The summed E-state index contributed by atoms with van der Waals surface area (Å²) in [4.78, 5) is 23.0. The van der Waals surface area contributed by atoms with Crippen molar-refractivity contribution in [2.75, 3.05) is 0 Å². The van der Waals surface area contributed by atoms with Crippen LogP contribution >= 0.6 is 0 Å². The van der Waals surface area contributed by atoms with E-state index in [0.717, 1.165) is 17.7 Å². The first-order chi connectivity index (χ1) is 8.87. The number of carbonyl (C=O) groups excluding carboxylic acids is 1. The molecule has 4 nitrogen and oxygen atoms in total. The van der Waals surface area contributed by atoms with Crippen LogP contribution in [0.5, 0.6) is 5.75 Å². The third-order valence-corrected chi connectivity index (χ3v) is 3.79. The van der Waals surface area contributed by atoms with E-state index in [-0.39, 0.29) is 17.3 Å². The van der Waals surface area contributed by atoms with Crippen molar-refractivity contribution >= 4 is 11.8 Å². The summed E-state index contributed by atoms with van der Waals surface area (Å²) >= 11 is 0. The average molecular weight is 260 g/mol. The summed E-state index contributed by atoms with van der Waals surface area (Å²) in [6.45, 7) is 4.02. The van der Waals surface area contributed by atoms with Gasteiger partial charge >= 0.3 is 5.97 Å². The first kappa shape index (κ1) is 12.2. The molecule has 1 aliphatic heterocycles. The third-order valence-electron chi connectivity index (χ3n) is 3.79. The summed E-state index contributed by atoms with van der Waals surface area (Å²) in [6, 6.07) is 5.40. The number of rotatable bonds is 3. The Bertz CT molecular complexity index is 574. The Morgan fingerprint density at radius 3 is 2.68 bits per heavy atom. The monoisotopic (exact) mass is 260 g/mol. The molecule has 2 unspecified atom stereocenters. The van der Waals surface area contributed by atoms with Crippen molar-refractivity contribution in [3.63, 3.8) is 0 Å². The van der Waals surface area contributed by atoms with Gasteiger partial charge in [-0.3, -0.25) is 9.59 Å². The van der Waals surface area contributed by atoms with Crippen LogP contribution in [0.25, 0.3) is 0 Å². The molecule has 1 N–H and O–H groups in total. The van der Waals surface area contributed by atoms with Crippen molar-refractivity contribution in [2.45, 2.75) is 32.3 Å².